The second kappa shape index (κ2) is 9.34. The second-order valence-electron chi connectivity index (χ2n) is 7.36. The predicted octanol–water partition coefficient (Wildman–Crippen LogP) is 4.01. The maximum atomic E-state index is 12.5. The van der Waals surface area contributed by atoms with Crippen LogP contribution in [0.1, 0.15) is 17.5 Å². The maximum absolute atomic E-state index is 12.5. The quantitative estimate of drug-likeness (QED) is 0.665. The zero-order valence-electron chi connectivity index (χ0n) is 16.3. The van der Waals surface area contributed by atoms with E-state index in [9.17, 15) is 4.79 Å². The summed E-state index contributed by atoms with van der Waals surface area (Å²) in [5.41, 5.74) is 2.21. The van der Waals surface area contributed by atoms with Crippen LogP contribution in [-0.2, 0) is 17.9 Å². The van der Waals surface area contributed by atoms with Gasteiger partial charge in [0, 0.05) is 32.0 Å². The molecule has 1 unspecified atom stereocenters. The minimum Gasteiger partial charge on any atom is -0.457 e. The van der Waals surface area contributed by atoms with Crippen molar-refractivity contribution in [1.29, 1.82) is 0 Å². The van der Waals surface area contributed by atoms with Crippen LogP contribution in [0.5, 0.6) is 11.5 Å². The summed E-state index contributed by atoms with van der Waals surface area (Å²) in [4.78, 5) is 18.9. The lowest BCUT2D eigenvalue weighted by Gasteiger charge is -2.17. The van der Waals surface area contributed by atoms with Crippen molar-refractivity contribution in [2.24, 2.45) is 5.92 Å². The summed E-state index contributed by atoms with van der Waals surface area (Å²) in [6.07, 6.45) is 4.41. The number of nitrogens with zero attached hydrogens (tertiary/aromatic N) is 2. The first-order valence-electron chi connectivity index (χ1n) is 9.97. The average Bonchev–Trinajstić information content (AvgIpc) is 3.22. The highest BCUT2D eigenvalue weighted by atomic mass is 16.5. The highest BCUT2D eigenvalue weighted by molar-refractivity contribution is 5.79. The zero-order chi connectivity index (χ0) is 19.9. The Balaban J connectivity index is 1.28. The molecule has 0 spiro atoms. The number of hydrogen-bond acceptors (Lipinski definition) is 4. The molecule has 2 heterocycles. The summed E-state index contributed by atoms with van der Waals surface area (Å²) in [6, 6.07) is 21.8. The highest BCUT2D eigenvalue weighted by Gasteiger charge is 2.28. The third kappa shape index (κ3) is 5.42. The number of hydrogen-bond donors (Lipinski definition) is 1. The number of para-hydroxylation sites is 1. The molecule has 1 aliphatic rings. The number of carbonyl (C=O) groups is 1. The number of amides is 1. The van der Waals surface area contributed by atoms with Gasteiger partial charge in [0.15, 0.2) is 0 Å². The van der Waals surface area contributed by atoms with E-state index in [-0.39, 0.29) is 11.8 Å². The smallest absolute Gasteiger partial charge is 0.224 e. The van der Waals surface area contributed by atoms with E-state index in [1.54, 1.807) is 12.4 Å². The van der Waals surface area contributed by atoms with Crippen LogP contribution in [-0.4, -0.2) is 28.9 Å². The molecule has 0 bridgehead atoms. The van der Waals surface area contributed by atoms with Crippen LogP contribution in [0.25, 0.3) is 0 Å². The average molecular weight is 387 g/mol. The van der Waals surface area contributed by atoms with Gasteiger partial charge in [-0.25, -0.2) is 0 Å². The van der Waals surface area contributed by atoms with E-state index in [4.69, 9.17) is 4.74 Å². The molecule has 1 saturated heterocycles. The fraction of sp³-hybridized carbons (Fsp3) is 0.250. The Kier molecular flexibility index (Phi) is 6.17. The normalized spacial score (nSPS) is 16.5. The van der Waals surface area contributed by atoms with Gasteiger partial charge in [0.1, 0.15) is 11.5 Å². The van der Waals surface area contributed by atoms with Gasteiger partial charge in [0.25, 0.3) is 0 Å². The molecule has 3 aromatic rings. The fourth-order valence-electron chi connectivity index (χ4n) is 3.62. The van der Waals surface area contributed by atoms with Crippen LogP contribution >= 0.6 is 0 Å². The lowest BCUT2D eigenvalue weighted by molar-refractivity contribution is -0.124. The molecule has 148 valence electrons. The van der Waals surface area contributed by atoms with Crippen molar-refractivity contribution < 1.29 is 9.53 Å². The number of nitrogens with one attached hydrogen (secondary N) is 1. The summed E-state index contributed by atoms with van der Waals surface area (Å²) in [5.74, 6) is 1.82. The molecule has 0 aliphatic carbocycles. The number of likely N-dealkylation sites (tertiary alicyclic amines) is 1. The molecule has 29 heavy (non-hydrogen) atoms. The third-order valence-corrected chi connectivity index (χ3v) is 5.12. The molecule has 1 atom stereocenters. The van der Waals surface area contributed by atoms with E-state index >= 15 is 0 Å². The molecule has 1 amide bonds. The minimum absolute atomic E-state index is 0.0374. The number of benzene rings is 2. The standard InChI is InChI=1S/C24H25N3O2/c28-24(26-16-20-7-5-12-25-15-20)21-11-13-27(18-21)17-19-6-4-10-23(14-19)29-22-8-2-1-3-9-22/h1-10,12,14-15,21H,11,13,16-18H2,(H,26,28). The SMILES string of the molecule is O=C(NCc1cccnc1)C1CCN(Cc2cccc(Oc3ccccc3)c2)C1. The van der Waals surface area contributed by atoms with Crippen molar-refractivity contribution in [2.45, 2.75) is 19.5 Å². The molecule has 1 aromatic heterocycles. The van der Waals surface area contributed by atoms with E-state index in [0.717, 1.165) is 43.1 Å². The van der Waals surface area contributed by atoms with Crippen molar-refractivity contribution >= 4 is 5.91 Å². The molecule has 0 saturated carbocycles. The predicted molar refractivity (Wildman–Crippen MR) is 112 cm³/mol. The summed E-state index contributed by atoms with van der Waals surface area (Å²) >= 11 is 0. The molecule has 5 nitrogen and oxygen atoms in total. The zero-order valence-corrected chi connectivity index (χ0v) is 16.3. The van der Waals surface area contributed by atoms with Crippen molar-refractivity contribution in [3.63, 3.8) is 0 Å². The van der Waals surface area contributed by atoms with Crippen LogP contribution < -0.4 is 10.1 Å². The van der Waals surface area contributed by atoms with Gasteiger partial charge in [-0.2, -0.15) is 0 Å². The van der Waals surface area contributed by atoms with Gasteiger partial charge < -0.3 is 10.1 Å². The Morgan fingerprint density at radius 3 is 2.69 bits per heavy atom. The van der Waals surface area contributed by atoms with Gasteiger partial charge in [0.05, 0.1) is 5.92 Å². The van der Waals surface area contributed by atoms with Crippen LogP contribution in [0.4, 0.5) is 0 Å². The lowest BCUT2D eigenvalue weighted by Crippen LogP contribution is -2.32. The van der Waals surface area contributed by atoms with Crippen molar-refractivity contribution in [3.05, 3.63) is 90.3 Å². The Hall–Kier alpha value is -3.18. The van der Waals surface area contributed by atoms with Crippen molar-refractivity contribution in [3.8, 4) is 11.5 Å². The Morgan fingerprint density at radius 1 is 1.03 bits per heavy atom. The van der Waals surface area contributed by atoms with E-state index < -0.39 is 0 Å². The molecular weight excluding hydrogens is 362 g/mol. The monoisotopic (exact) mass is 387 g/mol. The number of rotatable bonds is 7. The molecule has 2 aromatic carbocycles. The summed E-state index contributed by atoms with van der Waals surface area (Å²) in [6.45, 7) is 3.05. The van der Waals surface area contributed by atoms with Gasteiger partial charge >= 0.3 is 0 Å². The topological polar surface area (TPSA) is 54.5 Å². The highest BCUT2D eigenvalue weighted by Crippen LogP contribution is 2.24. The first-order valence-corrected chi connectivity index (χ1v) is 9.97. The van der Waals surface area contributed by atoms with E-state index in [1.165, 1.54) is 5.56 Å². The second-order valence-corrected chi connectivity index (χ2v) is 7.36. The number of carbonyl (C=O) groups excluding carboxylic acids is 1. The first kappa shape index (κ1) is 19.2. The largest absolute Gasteiger partial charge is 0.457 e. The Bertz CT molecular complexity index is 931. The van der Waals surface area contributed by atoms with Gasteiger partial charge in [-0.1, -0.05) is 36.4 Å². The molecule has 0 radical (unpaired) electrons. The fourth-order valence-corrected chi connectivity index (χ4v) is 3.62. The van der Waals surface area contributed by atoms with Crippen molar-refractivity contribution in [2.75, 3.05) is 13.1 Å². The molecule has 1 aliphatic heterocycles. The summed E-state index contributed by atoms with van der Waals surface area (Å²) in [5, 5.41) is 3.04. The number of pyridine rings is 1. The van der Waals surface area contributed by atoms with Crippen molar-refractivity contribution in [1.82, 2.24) is 15.2 Å². The molecule has 4 rings (SSSR count). The van der Waals surface area contributed by atoms with Gasteiger partial charge in [-0.15, -0.1) is 0 Å². The molecule has 1 N–H and O–H groups in total. The third-order valence-electron chi connectivity index (χ3n) is 5.12. The Morgan fingerprint density at radius 2 is 1.86 bits per heavy atom. The summed E-state index contributed by atoms with van der Waals surface area (Å²) in [7, 11) is 0. The van der Waals surface area contributed by atoms with E-state index in [0.29, 0.717) is 6.54 Å². The number of ether oxygens (including phenoxy) is 1. The first-order chi connectivity index (χ1) is 14.3. The van der Waals surface area contributed by atoms with Crippen LogP contribution in [0.3, 0.4) is 0 Å². The summed E-state index contributed by atoms with van der Waals surface area (Å²) < 4.78 is 5.93. The van der Waals surface area contributed by atoms with E-state index in [2.05, 4.69) is 27.3 Å². The molecule has 5 heteroatoms. The lowest BCUT2D eigenvalue weighted by atomic mass is 10.1. The maximum Gasteiger partial charge on any atom is 0.224 e. The van der Waals surface area contributed by atoms with Crippen LogP contribution in [0.15, 0.2) is 79.1 Å². The van der Waals surface area contributed by atoms with Gasteiger partial charge in [-0.3, -0.25) is 14.7 Å². The minimum atomic E-state index is 0.0374. The van der Waals surface area contributed by atoms with Gasteiger partial charge in [0.2, 0.25) is 5.91 Å². The number of aromatic nitrogens is 1. The van der Waals surface area contributed by atoms with E-state index in [1.807, 2.05) is 54.6 Å². The molecule has 1 fully saturated rings. The van der Waals surface area contributed by atoms with Crippen LogP contribution in [0, 0.1) is 5.92 Å². The molecular formula is C24H25N3O2. The Labute approximate surface area is 171 Å². The van der Waals surface area contributed by atoms with Gasteiger partial charge in [-0.05, 0) is 54.4 Å². The van der Waals surface area contributed by atoms with Crippen LogP contribution in [0.2, 0.25) is 0 Å².